The van der Waals surface area contributed by atoms with Gasteiger partial charge in [0.1, 0.15) is 17.2 Å². The maximum atomic E-state index is 13.4. The van der Waals surface area contributed by atoms with Crippen LogP contribution < -0.4 is 10.1 Å². The number of thiophene rings is 1. The van der Waals surface area contributed by atoms with Crippen molar-refractivity contribution in [3.63, 3.8) is 0 Å². The first-order valence-electron chi connectivity index (χ1n) is 8.25. The smallest absolute Gasteiger partial charge is 0.426 e. The maximum Gasteiger partial charge on any atom is 0.426 e. The molecule has 1 N–H and O–H groups in total. The van der Waals surface area contributed by atoms with E-state index in [2.05, 4.69) is 5.32 Å². The largest absolute Gasteiger partial charge is 0.488 e. The van der Waals surface area contributed by atoms with Crippen LogP contribution in [0.4, 0.5) is 18.9 Å². The Labute approximate surface area is 165 Å². The highest BCUT2D eigenvalue weighted by Gasteiger charge is 2.36. The van der Waals surface area contributed by atoms with Crippen LogP contribution in [0.3, 0.4) is 0 Å². The van der Waals surface area contributed by atoms with Gasteiger partial charge in [-0.1, -0.05) is 30.3 Å². The van der Waals surface area contributed by atoms with Gasteiger partial charge in [0.15, 0.2) is 0 Å². The fourth-order valence-corrected chi connectivity index (χ4v) is 4.04. The van der Waals surface area contributed by atoms with E-state index in [-0.39, 0.29) is 24.6 Å². The number of fused-ring (bicyclic) bond motifs is 1. The summed E-state index contributed by atoms with van der Waals surface area (Å²) >= 11 is 0.744. The van der Waals surface area contributed by atoms with E-state index < -0.39 is 11.1 Å². The van der Waals surface area contributed by atoms with Crippen molar-refractivity contribution in [1.29, 1.82) is 0 Å². The van der Waals surface area contributed by atoms with Gasteiger partial charge in [-0.2, -0.15) is 13.2 Å². The van der Waals surface area contributed by atoms with Gasteiger partial charge in [-0.3, -0.25) is 0 Å². The molecule has 3 aromatic rings. The van der Waals surface area contributed by atoms with Crippen LogP contribution in [0.25, 0.3) is 11.1 Å². The zero-order valence-corrected chi connectivity index (χ0v) is 15.8. The van der Waals surface area contributed by atoms with Gasteiger partial charge in [-0.25, -0.2) is 0 Å². The Hall–Kier alpha value is -2.18. The molecule has 27 heavy (non-hydrogen) atoms. The summed E-state index contributed by atoms with van der Waals surface area (Å²) in [5.74, 6) is 0.677. The van der Waals surface area contributed by atoms with E-state index >= 15 is 0 Å². The molecule has 1 aromatic heterocycles. The van der Waals surface area contributed by atoms with Crippen molar-refractivity contribution >= 4 is 29.4 Å². The fraction of sp³-hybridized carbons (Fsp3) is 0.200. The third kappa shape index (κ3) is 4.22. The van der Waals surface area contributed by atoms with E-state index in [0.29, 0.717) is 16.2 Å². The summed E-state index contributed by atoms with van der Waals surface area (Å²) in [6.07, 6.45) is -3.45. The Balaban J connectivity index is 0.00000210. The Morgan fingerprint density at radius 3 is 2.56 bits per heavy atom. The van der Waals surface area contributed by atoms with Gasteiger partial charge in [0.05, 0.1) is 0 Å². The zero-order chi connectivity index (χ0) is 18.1. The molecule has 4 rings (SSSR count). The number of anilines is 1. The molecule has 2 nitrogen and oxygen atoms in total. The van der Waals surface area contributed by atoms with Gasteiger partial charge < -0.3 is 10.1 Å². The molecule has 0 bridgehead atoms. The van der Waals surface area contributed by atoms with Crippen LogP contribution in [0.2, 0.25) is 0 Å². The number of alkyl halides is 3. The van der Waals surface area contributed by atoms with Crippen LogP contribution in [-0.4, -0.2) is 6.54 Å². The van der Waals surface area contributed by atoms with Crippen molar-refractivity contribution < 1.29 is 17.9 Å². The van der Waals surface area contributed by atoms with Crippen LogP contribution in [-0.2, 0) is 19.2 Å². The first-order valence-corrected chi connectivity index (χ1v) is 9.07. The van der Waals surface area contributed by atoms with E-state index in [1.165, 1.54) is 5.56 Å². The second-order valence-electron chi connectivity index (χ2n) is 6.10. The Morgan fingerprint density at radius 1 is 1.04 bits per heavy atom. The summed E-state index contributed by atoms with van der Waals surface area (Å²) in [6, 6.07) is 16.0. The lowest BCUT2D eigenvalue weighted by molar-refractivity contribution is -0.133. The molecule has 1 aliphatic rings. The van der Waals surface area contributed by atoms with Crippen LogP contribution in [0.5, 0.6) is 5.75 Å². The van der Waals surface area contributed by atoms with Gasteiger partial charge in [0, 0.05) is 22.7 Å². The van der Waals surface area contributed by atoms with E-state index in [9.17, 15) is 13.2 Å². The van der Waals surface area contributed by atoms with E-state index in [4.69, 9.17) is 4.74 Å². The highest BCUT2D eigenvalue weighted by Crippen LogP contribution is 2.43. The molecule has 7 heteroatoms. The predicted octanol–water partition coefficient (Wildman–Crippen LogP) is 6.40. The third-order valence-electron chi connectivity index (χ3n) is 4.29. The van der Waals surface area contributed by atoms with Crippen LogP contribution >= 0.6 is 23.7 Å². The van der Waals surface area contributed by atoms with Crippen LogP contribution in [0, 0.1) is 0 Å². The minimum absolute atomic E-state index is 0. The summed E-state index contributed by atoms with van der Waals surface area (Å²) in [6.45, 7) is 1.02. The molecule has 2 heterocycles. The second kappa shape index (κ2) is 7.82. The van der Waals surface area contributed by atoms with Gasteiger partial charge in [0.2, 0.25) is 0 Å². The zero-order valence-electron chi connectivity index (χ0n) is 14.2. The number of rotatable bonds is 4. The molecular formula is C20H17ClF3NOS. The number of ether oxygens (including phenoxy) is 1. The van der Waals surface area contributed by atoms with Crippen LogP contribution in [0.15, 0.2) is 54.6 Å². The highest BCUT2D eigenvalue weighted by atomic mass is 35.5. The number of nitrogens with one attached hydrogen (secondary N) is 1. The van der Waals surface area contributed by atoms with Crippen LogP contribution in [0.1, 0.15) is 15.3 Å². The van der Waals surface area contributed by atoms with Gasteiger partial charge >= 0.3 is 6.18 Å². The quantitative estimate of drug-likeness (QED) is 0.536. The average molecular weight is 412 g/mol. The number of halogens is 4. The molecule has 0 saturated heterocycles. The van der Waals surface area contributed by atoms with Crippen molar-refractivity contribution in [2.24, 2.45) is 0 Å². The maximum absolute atomic E-state index is 13.4. The molecule has 0 amide bonds. The molecule has 0 fully saturated rings. The van der Waals surface area contributed by atoms with Gasteiger partial charge in [0.25, 0.3) is 0 Å². The molecule has 1 aliphatic heterocycles. The predicted molar refractivity (Wildman–Crippen MR) is 105 cm³/mol. The molecule has 0 atom stereocenters. The number of benzene rings is 2. The minimum Gasteiger partial charge on any atom is -0.488 e. The molecule has 2 aromatic carbocycles. The molecule has 0 aliphatic carbocycles. The molecule has 0 unspecified atom stereocenters. The highest BCUT2D eigenvalue weighted by molar-refractivity contribution is 7.12. The monoisotopic (exact) mass is 411 g/mol. The number of hydrogen-bond acceptors (Lipinski definition) is 3. The summed E-state index contributed by atoms with van der Waals surface area (Å²) in [4.78, 5) is -0.0322. The molecule has 0 radical (unpaired) electrons. The summed E-state index contributed by atoms with van der Waals surface area (Å²) < 4.78 is 46.0. The average Bonchev–Trinajstić information content (AvgIpc) is 3.27. The Bertz CT molecular complexity index is 925. The lowest BCUT2D eigenvalue weighted by Crippen LogP contribution is -2.03. The first-order chi connectivity index (χ1) is 12.5. The Morgan fingerprint density at radius 2 is 1.81 bits per heavy atom. The first kappa shape index (κ1) is 19.6. The van der Waals surface area contributed by atoms with Gasteiger partial charge in [-0.05, 0) is 41.8 Å². The Kier molecular flexibility index (Phi) is 5.67. The summed E-state index contributed by atoms with van der Waals surface area (Å²) in [7, 11) is 0. The fourth-order valence-electron chi connectivity index (χ4n) is 3.08. The molecular weight excluding hydrogens is 395 g/mol. The summed E-state index contributed by atoms with van der Waals surface area (Å²) in [5, 5.41) is 3.27. The number of hydrogen-bond donors (Lipinski definition) is 1. The second-order valence-corrected chi connectivity index (χ2v) is 7.24. The van der Waals surface area contributed by atoms with E-state index in [1.54, 1.807) is 36.4 Å². The van der Waals surface area contributed by atoms with Gasteiger partial charge in [-0.15, -0.1) is 23.7 Å². The molecule has 142 valence electrons. The van der Waals surface area contributed by atoms with E-state index in [1.807, 2.05) is 18.2 Å². The summed E-state index contributed by atoms with van der Waals surface area (Å²) in [5.41, 5.74) is 3.04. The third-order valence-corrected chi connectivity index (χ3v) is 5.45. The van der Waals surface area contributed by atoms with Crippen molar-refractivity contribution in [3.8, 4) is 16.9 Å². The normalized spacial score (nSPS) is 12.9. The van der Waals surface area contributed by atoms with Crippen molar-refractivity contribution in [2.45, 2.75) is 19.2 Å². The molecule has 0 saturated carbocycles. The SMILES string of the molecule is Cl.FC(F)(F)c1sc(COc2ccc3c(c2)CCN3)cc1-c1ccccc1. The van der Waals surface area contributed by atoms with Crippen molar-refractivity contribution in [3.05, 3.63) is 69.9 Å². The van der Waals surface area contributed by atoms with Crippen molar-refractivity contribution in [2.75, 3.05) is 11.9 Å². The van der Waals surface area contributed by atoms with Crippen molar-refractivity contribution in [1.82, 2.24) is 0 Å². The van der Waals surface area contributed by atoms with E-state index in [0.717, 1.165) is 30.0 Å². The lowest BCUT2D eigenvalue weighted by Gasteiger charge is -2.07. The standard InChI is InChI=1S/C20H16F3NOS.ClH/c21-20(22,23)19-17(13-4-2-1-3-5-13)11-16(26-19)12-25-15-6-7-18-14(10-15)8-9-24-18;/h1-7,10-11,24H,8-9,12H2;1H. The minimum atomic E-state index is -4.38. The topological polar surface area (TPSA) is 21.3 Å². The lowest BCUT2D eigenvalue weighted by atomic mass is 10.1. The molecule has 0 spiro atoms.